The SMILES string of the molecule is Cc1nc(Cl)c(C#CCNC(=O)OCc2ccccc2)cc1[N+](=O)[O-]. The Hall–Kier alpha value is -3.11. The van der Waals surface area contributed by atoms with Gasteiger partial charge in [0.05, 0.1) is 17.0 Å². The van der Waals surface area contributed by atoms with Gasteiger partial charge in [-0.1, -0.05) is 53.8 Å². The molecular weight excluding hydrogens is 346 g/mol. The Bertz CT molecular complexity index is 844. The van der Waals surface area contributed by atoms with Gasteiger partial charge in [-0.3, -0.25) is 10.1 Å². The zero-order valence-electron chi connectivity index (χ0n) is 13.3. The number of carbonyl (C=O) groups is 1. The molecule has 0 aliphatic heterocycles. The van der Waals surface area contributed by atoms with Gasteiger partial charge in [-0.2, -0.15) is 0 Å². The van der Waals surface area contributed by atoms with E-state index >= 15 is 0 Å². The number of ether oxygens (including phenoxy) is 1. The van der Waals surface area contributed by atoms with Gasteiger partial charge in [0.2, 0.25) is 0 Å². The van der Waals surface area contributed by atoms with Crippen LogP contribution in [0, 0.1) is 28.9 Å². The second-order valence-electron chi connectivity index (χ2n) is 4.91. The third kappa shape index (κ3) is 5.48. The van der Waals surface area contributed by atoms with Gasteiger partial charge in [0.25, 0.3) is 5.69 Å². The molecule has 1 aromatic heterocycles. The van der Waals surface area contributed by atoms with E-state index < -0.39 is 11.0 Å². The van der Waals surface area contributed by atoms with Crippen molar-refractivity contribution in [3.63, 3.8) is 0 Å². The van der Waals surface area contributed by atoms with E-state index in [4.69, 9.17) is 16.3 Å². The van der Waals surface area contributed by atoms with Gasteiger partial charge in [0.1, 0.15) is 17.5 Å². The maximum Gasteiger partial charge on any atom is 0.408 e. The summed E-state index contributed by atoms with van der Waals surface area (Å²) in [4.78, 5) is 25.8. The van der Waals surface area contributed by atoms with Crippen LogP contribution in [0.3, 0.4) is 0 Å². The van der Waals surface area contributed by atoms with Crippen molar-refractivity contribution >= 4 is 23.4 Å². The summed E-state index contributed by atoms with van der Waals surface area (Å²) in [7, 11) is 0. The molecule has 0 radical (unpaired) electrons. The minimum Gasteiger partial charge on any atom is -0.445 e. The van der Waals surface area contributed by atoms with Crippen molar-refractivity contribution < 1.29 is 14.5 Å². The smallest absolute Gasteiger partial charge is 0.408 e. The molecular formula is C17H14ClN3O4. The summed E-state index contributed by atoms with van der Waals surface area (Å²) in [5, 5.41) is 13.4. The largest absolute Gasteiger partial charge is 0.445 e. The molecule has 0 unspecified atom stereocenters. The molecule has 0 saturated carbocycles. The van der Waals surface area contributed by atoms with E-state index in [-0.39, 0.29) is 35.2 Å². The van der Waals surface area contributed by atoms with E-state index in [9.17, 15) is 14.9 Å². The molecule has 1 amide bonds. The monoisotopic (exact) mass is 359 g/mol. The van der Waals surface area contributed by atoms with Crippen LogP contribution in [0.4, 0.5) is 10.5 Å². The number of alkyl carbamates (subject to hydrolysis) is 1. The molecule has 0 bridgehead atoms. The van der Waals surface area contributed by atoms with Crippen molar-refractivity contribution in [3.05, 3.63) is 68.5 Å². The number of pyridine rings is 1. The Morgan fingerprint density at radius 3 is 2.80 bits per heavy atom. The maximum absolute atomic E-state index is 11.6. The lowest BCUT2D eigenvalue weighted by Crippen LogP contribution is -2.24. The average Bonchev–Trinajstić information content (AvgIpc) is 2.59. The van der Waals surface area contributed by atoms with Crippen molar-refractivity contribution in [3.8, 4) is 11.8 Å². The Balaban J connectivity index is 1.89. The number of nitro groups is 1. The number of nitrogens with one attached hydrogen (secondary N) is 1. The predicted molar refractivity (Wildman–Crippen MR) is 92.1 cm³/mol. The van der Waals surface area contributed by atoms with Crippen molar-refractivity contribution in [1.29, 1.82) is 0 Å². The van der Waals surface area contributed by atoms with Gasteiger partial charge in [0, 0.05) is 6.07 Å². The number of halogens is 1. The molecule has 2 aromatic rings. The first-order chi connectivity index (χ1) is 12.0. The van der Waals surface area contributed by atoms with Crippen LogP contribution in [-0.4, -0.2) is 22.5 Å². The Morgan fingerprint density at radius 2 is 2.12 bits per heavy atom. The Kier molecular flexibility index (Phi) is 6.32. The lowest BCUT2D eigenvalue weighted by molar-refractivity contribution is -0.385. The molecule has 7 nitrogen and oxygen atoms in total. The van der Waals surface area contributed by atoms with Crippen molar-refractivity contribution in [1.82, 2.24) is 10.3 Å². The highest BCUT2D eigenvalue weighted by atomic mass is 35.5. The minimum absolute atomic E-state index is 0.00558. The third-order valence-corrected chi connectivity index (χ3v) is 3.38. The number of carbonyl (C=O) groups excluding carboxylic acids is 1. The number of hydrogen-bond acceptors (Lipinski definition) is 5. The summed E-state index contributed by atoms with van der Waals surface area (Å²) in [5.41, 5.74) is 1.14. The lowest BCUT2D eigenvalue weighted by Gasteiger charge is -2.04. The normalized spacial score (nSPS) is 9.68. The topological polar surface area (TPSA) is 94.4 Å². The Morgan fingerprint density at radius 1 is 1.40 bits per heavy atom. The van der Waals surface area contributed by atoms with E-state index in [0.717, 1.165) is 5.56 Å². The highest BCUT2D eigenvalue weighted by molar-refractivity contribution is 6.30. The first-order valence-corrected chi connectivity index (χ1v) is 7.60. The summed E-state index contributed by atoms with van der Waals surface area (Å²) >= 11 is 5.92. The van der Waals surface area contributed by atoms with Gasteiger partial charge in [-0.25, -0.2) is 9.78 Å². The zero-order chi connectivity index (χ0) is 18.2. The number of aromatic nitrogens is 1. The van der Waals surface area contributed by atoms with Gasteiger partial charge >= 0.3 is 6.09 Å². The van der Waals surface area contributed by atoms with Crippen molar-refractivity contribution in [2.45, 2.75) is 13.5 Å². The Labute approximate surface area is 149 Å². The van der Waals surface area contributed by atoms with Crippen LogP contribution in [-0.2, 0) is 11.3 Å². The molecule has 0 aliphatic carbocycles. The van der Waals surface area contributed by atoms with Crippen LogP contribution in [0.2, 0.25) is 5.15 Å². The lowest BCUT2D eigenvalue weighted by atomic mass is 10.2. The second kappa shape index (κ2) is 8.66. The second-order valence-corrected chi connectivity index (χ2v) is 5.26. The van der Waals surface area contributed by atoms with Crippen LogP contribution < -0.4 is 5.32 Å². The molecule has 1 heterocycles. The molecule has 1 aromatic carbocycles. The highest BCUT2D eigenvalue weighted by Crippen LogP contribution is 2.22. The van der Waals surface area contributed by atoms with E-state index in [1.807, 2.05) is 30.3 Å². The number of benzene rings is 1. The summed E-state index contributed by atoms with van der Waals surface area (Å²) in [5.74, 6) is 5.29. The van der Waals surface area contributed by atoms with Gasteiger partial charge in [0.15, 0.2) is 0 Å². The molecule has 0 saturated heterocycles. The van der Waals surface area contributed by atoms with Gasteiger partial charge in [-0.05, 0) is 12.5 Å². The first-order valence-electron chi connectivity index (χ1n) is 7.22. The summed E-state index contributed by atoms with van der Waals surface area (Å²) < 4.78 is 5.02. The number of aryl methyl sites for hydroxylation is 1. The van der Waals surface area contributed by atoms with E-state index in [0.29, 0.717) is 0 Å². The molecule has 8 heteroatoms. The van der Waals surface area contributed by atoms with E-state index in [2.05, 4.69) is 22.1 Å². The number of rotatable bonds is 4. The molecule has 2 rings (SSSR count). The summed E-state index contributed by atoms with van der Waals surface area (Å²) in [6, 6.07) is 10.5. The quantitative estimate of drug-likeness (QED) is 0.391. The fraction of sp³-hybridized carbons (Fsp3) is 0.176. The maximum atomic E-state index is 11.6. The molecule has 0 fully saturated rings. The number of nitrogens with zero attached hydrogens (tertiary/aromatic N) is 2. The van der Waals surface area contributed by atoms with Crippen molar-refractivity contribution in [2.24, 2.45) is 0 Å². The van der Waals surface area contributed by atoms with Crippen LogP contribution in [0.25, 0.3) is 0 Å². The molecule has 0 aliphatic rings. The summed E-state index contributed by atoms with van der Waals surface area (Å²) in [6.45, 7) is 1.65. The number of hydrogen-bond donors (Lipinski definition) is 1. The highest BCUT2D eigenvalue weighted by Gasteiger charge is 2.15. The molecule has 128 valence electrons. The van der Waals surface area contributed by atoms with Crippen LogP contribution in [0.5, 0.6) is 0 Å². The average molecular weight is 360 g/mol. The van der Waals surface area contributed by atoms with Crippen molar-refractivity contribution in [2.75, 3.05) is 6.54 Å². The third-order valence-electron chi connectivity index (χ3n) is 3.09. The zero-order valence-corrected chi connectivity index (χ0v) is 14.0. The van der Waals surface area contributed by atoms with Crippen LogP contribution in [0.15, 0.2) is 36.4 Å². The van der Waals surface area contributed by atoms with Crippen LogP contribution in [0.1, 0.15) is 16.8 Å². The number of amides is 1. The molecule has 0 spiro atoms. The van der Waals surface area contributed by atoms with E-state index in [1.165, 1.54) is 13.0 Å². The standard InChI is InChI=1S/C17H14ClN3O4/c1-12-15(21(23)24)10-14(16(18)20-12)8-5-9-19-17(22)25-11-13-6-3-2-4-7-13/h2-4,6-7,10H,9,11H2,1H3,(H,19,22). The van der Waals surface area contributed by atoms with Crippen LogP contribution >= 0.6 is 11.6 Å². The van der Waals surface area contributed by atoms with E-state index in [1.54, 1.807) is 0 Å². The van der Waals surface area contributed by atoms with Gasteiger partial charge in [-0.15, -0.1) is 0 Å². The first kappa shape index (κ1) is 18.2. The minimum atomic E-state index is -0.614. The molecule has 25 heavy (non-hydrogen) atoms. The molecule has 0 atom stereocenters. The predicted octanol–water partition coefficient (Wildman–Crippen LogP) is 3.23. The van der Waals surface area contributed by atoms with Gasteiger partial charge < -0.3 is 10.1 Å². The fourth-order valence-electron chi connectivity index (χ4n) is 1.87. The summed E-state index contributed by atoms with van der Waals surface area (Å²) in [6.07, 6.45) is -0.614. The molecule has 1 N–H and O–H groups in total. The fourth-order valence-corrected chi connectivity index (χ4v) is 2.10.